The summed E-state index contributed by atoms with van der Waals surface area (Å²) in [6, 6.07) is 6.96. The molecule has 3 atom stereocenters. The number of rotatable bonds is 9. The van der Waals surface area contributed by atoms with Crippen molar-refractivity contribution in [3.63, 3.8) is 0 Å². The fourth-order valence-electron chi connectivity index (χ4n) is 3.33. The maximum absolute atomic E-state index is 12.8. The van der Waals surface area contributed by atoms with Crippen molar-refractivity contribution in [1.82, 2.24) is 20.9 Å². The highest BCUT2D eigenvalue weighted by molar-refractivity contribution is 5.93. The first-order valence-electron chi connectivity index (χ1n) is 10.7. The molecule has 0 aliphatic carbocycles. The van der Waals surface area contributed by atoms with Gasteiger partial charge < -0.3 is 25.6 Å². The Morgan fingerprint density at radius 1 is 1.10 bits per heavy atom. The molecule has 0 radical (unpaired) electrons. The van der Waals surface area contributed by atoms with E-state index in [1.54, 1.807) is 6.92 Å². The van der Waals surface area contributed by atoms with E-state index < -0.39 is 30.1 Å². The number of ether oxygens (including phenoxy) is 1. The van der Waals surface area contributed by atoms with Crippen LogP contribution in [0.15, 0.2) is 30.3 Å². The van der Waals surface area contributed by atoms with E-state index >= 15 is 0 Å². The minimum Gasteiger partial charge on any atom is -0.445 e. The molecule has 9 heteroatoms. The van der Waals surface area contributed by atoms with Gasteiger partial charge in [-0.05, 0) is 38.7 Å². The molecule has 9 nitrogen and oxygen atoms in total. The third-order valence-electron chi connectivity index (χ3n) is 5.06. The predicted octanol–water partition coefficient (Wildman–Crippen LogP) is 1.32. The molecule has 3 N–H and O–H groups in total. The second kappa shape index (κ2) is 11.9. The minimum absolute atomic E-state index is 0.0896. The Labute approximate surface area is 182 Å². The van der Waals surface area contributed by atoms with E-state index in [9.17, 15) is 19.2 Å². The molecule has 31 heavy (non-hydrogen) atoms. The molecule has 1 aromatic rings. The Hall–Kier alpha value is -3.10. The van der Waals surface area contributed by atoms with E-state index in [0.717, 1.165) is 18.4 Å². The van der Waals surface area contributed by atoms with Gasteiger partial charge in [0.05, 0.1) is 0 Å². The smallest absolute Gasteiger partial charge is 0.408 e. The molecule has 2 rings (SSSR count). The molecule has 0 saturated carbocycles. The lowest BCUT2D eigenvalue weighted by Crippen LogP contribution is -2.55. The molecule has 0 bridgehead atoms. The van der Waals surface area contributed by atoms with E-state index in [-0.39, 0.29) is 18.4 Å². The molecular weight excluding hydrogens is 400 g/mol. The first kappa shape index (κ1) is 24.2. The van der Waals surface area contributed by atoms with Gasteiger partial charge in [-0.1, -0.05) is 37.3 Å². The molecule has 0 spiro atoms. The van der Waals surface area contributed by atoms with Gasteiger partial charge in [-0.15, -0.1) is 0 Å². The predicted molar refractivity (Wildman–Crippen MR) is 115 cm³/mol. The quantitative estimate of drug-likeness (QED) is 0.544. The largest absolute Gasteiger partial charge is 0.445 e. The summed E-state index contributed by atoms with van der Waals surface area (Å²) in [7, 11) is 0. The number of carbonyl (C=O) groups excluding carboxylic acids is 4. The Kier molecular flexibility index (Phi) is 9.30. The zero-order valence-corrected chi connectivity index (χ0v) is 18.3. The summed E-state index contributed by atoms with van der Waals surface area (Å²) in [4.78, 5) is 51.0. The van der Waals surface area contributed by atoms with Gasteiger partial charge in [0.15, 0.2) is 0 Å². The molecule has 1 aromatic carbocycles. The maximum Gasteiger partial charge on any atom is 0.408 e. The third kappa shape index (κ3) is 7.27. The number of nitrogens with one attached hydrogen (secondary N) is 3. The lowest BCUT2D eigenvalue weighted by Gasteiger charge is -2.27. The van der Waals surface area contributed by atoms with E-state index in [1.807, 2.05) is 37.3 Å². The monoisotopic (exact) mass is 432 g/mol. The number of carbonyl (C=O) groups is 4. The van der Waals surface area contributed by atoms with Crippen molar-refractivity contribution in [3.05, 3.63) is 35.9 Å². The molecule has 170 valence electrons. The van der Waals surface area contributed by atoms with Crippen LogP contribution in [0.3, 0.4) is 0 Å². The molecule has 0 aromatic heterocycles. The summed E-state index contributed by atoms with van der Waals surface area (Å²) in [5.74, 6) is -0.993. The van der Waals surface area contributed by atoms with Crippen molar-refractivity contribution >= 4 is 23.8 Å². The standard InChI is InChI=1S/C22H32N4O5/c1-4-12-23-20(28)18-11-8-13-26(18)21(29)16(3)24-19(27)15(2)25-22(30)31-14-17-9-6-5-7-10-17/h5-7,9-10,15-16,18H,4,8,11-14H2,1-3H3,(H,23,28)(H,24,27)(H,25,30)/t15-,16-,18-/m0/s1. The van der Waals surface area contributed by atoms with Gasteiger partial charge in [-0.3, -0.25) is 14.4 Å². The van der Waals surface area contributed by atoms with Crippen molar-refractivity contribution in [2.24, 2.45) is 0 Å². The molecule has 1 aliphatic rings. The molecule has 1 saturated heterocycles. The Balaban J connectivity index is 1.81. The van der Waals surface area contributed by atoms with Crippen LogP contribution < -0.4 is 16.0 Å². The van der Waals surface area contributed by atoms with Gasteiger partial charge >= 0.3 is 6.09 Å². The van der Waals surface area contributed by atoms with Crippen molar-refractivity contribution in [3.8, 4) is 0 Å². The van der Waals surface area contributed by atoms with Gasteiger partial charge in [0, 0.05) is 13.1 Å². The van der Waals surface area contributed by atoms with Crippen LogP contribution in [0.4, 0.5) is 4.79 Å². The third-order valence-corrected chi connectivity index (χ3v) is 5.06. The number of amides is 4. The van der Waals surface area contributed by atoms with E-state index in [1.165, 1.54) is 11.8 Å². The fourth-order valence-corrected chi connectivity index (χ4v) is 3.33. The van der Waals surface area contributed by atoms with E-state index in [2.05, 4.69) is 16.0 Å². The zero-order valence-electron chi connectivity index (χ0n) is 18.3. The van der Waals surface area contributed by atoms with Crippen molar-refractivity contribution in [1.29, 1.82) is 0 Å². The van der Waals surface area contributed by atoms with Crippen LogP contribution in [-0.2, 0) is 25.7 Å². The molecule has 1 heterocycles. The Morgan fingerprint density at radius 3 is 2.48 bits per heavy atom. The topological polar surface area (TPSA) is 117 Å². The molecule has 1 fully saturated rings. The lowest BCUT2D eigenvalue weighted by atomic mass is 10.2. The van der Waals surface area contributed by atoms with Crippen molar-refractivity contribution in [2.75, 3.05) is 13.1 Å². The van der Waals surface area contributed by atoms with Gasteiger partial charge in [0.25, 0.3) is 0 Å². The van der Waals surface area contributed by atoms with Crippen molar-refractivity contribution in [2.45, 2.75) is 64.8 Å². The van der Waals surface area contributed by atoms with Crippen LogP contribution in [0.1, 0.15) is 45.6 Å². The number of hydrogen-bond acceptors (Lipinski definition) is 5. The molecular formula is C22H32N4O5. The van der Waals surface area contributed by atoms with Crippen LogP contribution in [0.5, 0.6) is 0 Å². The van der Waals surface area contributed by atoms with Crippen molar-refractivity contribution < 1.29 is 23.9 Å². The number of hydrogen-bond donors (Lipinski definition) is 3. The number of nitrogens with zero attached hydrogens (tertiary/aromatic N) is 1. The number of alkyl carbamates (subject to hydrolysis) is 1. The van der Waals surface area contributed by atoms with Crippen LogP contribution in [0, 0.1) is 0 Å². The van der Waals surface area contributed by atoms with Gasteiger partial charge in [-0.2, -0.15) is 0 Å². The number of benzene rings is 1. The van der Waals surface area contributed by atoms with Gasteiger partial charge in [0.1, 0.15) is 24.7 Å². The van der Waals surface area contributed by atoms with Crippen LogP contribution in [0.2, 0.25) is 0 Å². The minimum atomic E-state index is -0.888. The number of likely N-dealkylation sites (tertiary alicyclic amines) is 1. The molecule has 1 aliphatic heterocycles. The van der Waals surface area contributed by atoms with Crippen LogP contribution in [0.25, 0.3) is 0 Å². The SMILES string of the molecule is CCCNC(=O)[C@@H]1CCCN1C(=O)[C@H](C)NC(=O)[C@H](C)NC(=O)OCc1ccccc1. The summed E-state index contributed by atoms with van der Waals surface area (Å²) in [5, 5.41) is 7.88. The van der Waals surface area contributed by atoms with Gasteiger partial charge in [-0.25, -0.2) is 4.79 Å². The highest BCUT2D eigenvalue weighted by Crippen LogP contribution is 2.18. The Morgan fingerprint density at radius 2 is 1.81 bits per heavy atom. The van der Waals surface area contributed by atoms with E-state index in [4.69, 9.17) is 4.74 Å². The van der Waals surface area contributed by atoms with Crippen LogP contribution in [-0.4, -0.2) is 59.9 Å². The summed E-state index contributed by atoms with van der Waals surface area (Å²) < 4.78 is 5.11. The summed E-state index contributed by atoms with van der Waals surface area (Å²) >= 11 is 0. The van der Waals surface area contributed by atoms with Gasteiger partial charge in [0.2, 0.25) is 17.7 Å². The lowest BCUT2D eigenvalue weighted by molar-refractivity contribution is -0.141. The first-order valence-corrected chi connectivity index (χ1v) is 10.7. The fraction of sp³-hybridized carbons (Fsp3) is 0.545. The maximum atomic E-state index is 12.8. The highest BCUT2D eigenvalue weighted by atomic mass is 16.5. The van der Waals surface area contributed by atoms with Crippen LogP contribution >= 0.6 is 0 Å². The Bertz CT molecular complexity index is 770. The second-order valence-corrected chi connectivity index (χ2v) is 7.64. The zero-order chi connectivity index (χ0) is 22.8. The highest BCUT2D eigenvalue weighted by Gasteiger charge is 2.36. The summed E-state index contributed by atoms with van der Waals surface area (Å²) in [5.41, 5.74) is 0.831. The summed E-state index contributed by atoms with van der Waals surface area (Å²) in [6.07, 6.45) is 1.43. The molecule has 0 unspecified atom stereocenters. The normalized spacial score (nSPS) is 17.4. The average Bonchev–Trinajstić information content (AvgIpc) is 3.26. The second-order valence-electron chi connectivity index (χ2n) is 7.64. The average molecular weight is 433 g/mol. The van der Waals surface area contributed by atoms with E-state index in [0.29, 0.717) is 19.5 Å². The first-order chi connectivity index (χ1) is 14.8. The summed E-state index contributed by atoms with van der Waals surface area (Å²) in [6.45, 7) is 6.16. The molecule has 4 amide bonds.